The van der Waals surface area contributed by atoms with E-state index in [-0.39, 0.29) is 6.42 Å². The standard InChI is InChI=1S/C12H21N5O3/c1-2-13-4-3-5-15-12(20)17-10(11(18)19)6-9-7-14-8-16-9/h7-8,10,13H,2-6H2,1H3,(H,14,16)(H,18,19)(H2,15,17,20). The van der Waals surface area contributed by atoms with E-state index in [1.165, 1.54) is 12.5 Å². The number of imidazole rings is 1. The Bertz CT molecular complexity index is 407. The van der Waals surface area contributed by atoms with Crippen LogP contribution in [-0.2, 0) is 11.2 Å². The third kappa shape index (κ3) is 6.19. The molecule has 0 bridgehead atoms. The molecule has 1 rings (SSSR count). The van der Waals surface area contributed by atoms with Gasteiger partial charge in [-0.25, -0.2) is 14.6 Å². The van der Waals surface area contributed by atoms with Crippen molar-refractivity contribution >= 4 is 12.0 Å². The summed E-state index contributed by atoms with van der Waals surface area (Å²) in [6, 6.07) is -1.46. The van der Waals surface area contributed by atoms with Crippen LogP contribution in [-0.4, -0.2) is 52.8 Å². The van der Waals surface area contributed by atoms with E-state index in [1.807, 2.05) is 6.92 Å². The smallest absolute Gasteiger partial charge is 0.326 e. The van der Waals surface area contributed by atoms with Crippen molar-refractivity contribution in [3.05, 3.63) is 18.2 Å². The number of carbonyl (C=O) groups is 2. The number of aromatic amines is 1. The van der Waals surface area contributed by atoms with Crippen LogP contribution >= 0.6 is 0 Å². The van der Waals surface area contributed by atoms with E-state index < -0.39 is 18.0 Å². The van der Waals surface area contributed by atoms with Gasteiger partial charge >= 0.3 is 12.0 Å². The van der Waals surface area contributed by atoms with E-state index in [9.17, 15) is 9.59 Å². The van der Waals surface area contributed by atoms with Crippen molar-refractivity contribution in [2.45, 2.75) is 25.8 Å². The van der Waals surface area contributed by atoms with Crippen molar-refractivity contribution in [1.29, 1.82) is 0 Å². The van der Waals surface area contributed by atoms with E-state index >= 15 is 0 Å². The molecule has 5 N–H and O–H groups in total. The lowest BCUT2D eigenvalue weighted by molar-refractivity contribution is -0.139. The normalized spacial score (nSPS) is 11.8. The fourth-order valence-corrected chi connectivity index (χ4v) is 1.62. The minimum absolute atomic E-state index is 0.167. The molecule has 1 unspecified atom stereocenters. The minimum atomic E-state index is -1.08. The minimum Gasteiger partial charge on any atom is -0.480 e. The molecule has 8 nitrogen and oxygen atoms in total. The van der Waals surface area contributed by atoms with Crippen LogP contribution in [0.5, 0.6) is 0 Å². The van der Waals surface area contributed by atoms with Gasteiger partial charge in [-0.2, -0.15) is 0 Å². The van der Waals surface area contributed by atoms with Gasteiger partial charge in [-0.15, -0.1) is 0 Å². The summed E-state index contributed by atoms with van der Waals surface area (Å²) in [5.74, 6) is -1.08. The van der Waals surface area contributed by atoms with E-state index in [0.29, 0.717) is 12.2 Å². The Morgan fingerprint density at radius 3 is 2.85 bits per heavy atom. The Balaban J connectivity index is 2.30. The van der Waals surface area contributed by atoms with Gasteiger partial charge in [-0.3, -0.25) is 0 Å². The summed E-state index contributed by atoms with van der Waals surface area (Å²) in [6.45, 7) is 4.20. The topological polar surface area (TPSA) is 119 Å². The van der Waals surface area contributed by atoms with Gasteiger partial charge in [0.1, 0.15) is 6.04 Å². The quantitative estimate of drug-likeness (QED) is 0.399. The maximum Gasteiger partial charge on any atom is 0.326 e. The molecule has 8 heteroatoms. The van der Waals surface area contributed by atoms with Gasteiger partial charge in [0.25, 0.3) is 0 Å². The molecular weight excluding hydrogens is 262 g/mol. The highest BCUT2D eigenvalue weighted by Crippen LogP contribution is 1.98. The number of amides is 2. The SMILES string of the molecule is CCNCCCNC(=O)NC(Cc1cnc[nH]1)C(=O)O. The molecule has 1 aromatic heterocycles. The van der Waals surface area contributed by atoms with Gasteiger partial charge in [0.15, 0.2) is 0 Å². The Labute approximate surface area is 117 Å². The first kappa shape index (κ1) is 16.0. The van der Waals surface area contributed by atoms with Crippen molar-refractivity contribution in [2.75, 3.05) is 19.6 Å². The van der Waals surface area contributed by atoms with Crippen LogP contribution in [0.2, 0.25) is 0 Å². The monoisotopic (exact) mass is 283 g/mol. The van der Waals surface area contributed by atoms with E-state index in [4.69, 9.17) is 5.11 Å². The van der Waals surface area contributed by atoms with E-state index in [1.54, 1.807) is 0 Å². The van der Waals surface area contributed by atoms with Crippen LogP contribution in [0.15, 0.2) is 12.5 Å². The Kier molecular flexibility index (Phi) is 7.12. The van der Waals surface area contributed by atoms with Crippen molar-refractivity contribution in [3.63, 3.8) is 0 Å². The molecule has 20 heavy (non-hydrogen) atoms. The highest BCUT2D eigenvalue weighted by Gasteiger charge is 2.20. The molecule has 1 heterocycles. The fourth-order valence-electron chi connectivity index (χ4n) is 1.62. The Hall–Kier alpha value is -2.09. The maximum atomic E-state index is 11.6. The van der Waals surface area contributed by atoms with Crippen LogP contribution in [0.1, 0.15) is 19.0 Å². The van der Waals surface area contributed by atoms with Gasteiger partial charge < -0.3 is 26.0 Å². The number of carbonyl (C=O) groups excluding carboxylic acids is 1. The predicted octanol–water partition coefficient (Wildman–Crippen LogP) is -0.296. The fraction of sp³-hybridized carbons (Fsp3) is 0.583. The molecule has 0 aliphatic heterocycles. The second-order valence-electron chi connectivity index (χ2n) is 4.28. The Morgan fingerprint density at radius 1 is 1.45 bits per heavy atom. The van der Waals surface area contributed by atoms with Gasteiger partial charge in [0.05, 0.1) is 6.33 Å². The van der Waals surface area contributed by atoms with Crippen LogP contribution in [0.25, 0.3) is 0 Å². The number of aliphatic carboxylic acids is 1. The van der Waals surface area contributed by atoms with E-state index in [2.05, 4.69) is 25.9 Å². The van der Waals surface area contributed by atoms with Gasteiger partial charge in [0, 0.05) is 24.9 Å². The number of carboxylic acid groups (broad SMARTS) is 1. The molecule has 0 aromatic carbocycles. The number of aromatic nitrogens is 2. The van der Waals surface area contributed by atoms with Crippen molar-refractivity contribution in [2.24, 2.45) is 0 Å². The molecule has 0 aliphatic carbocycles. The molecule has 0 saturated heterocycles. The molecule has 0 radical (unpaired) electrons. The average Bonchev–Trinajstić information content (AvgIpc) is 2.90. The number of rotatable bonds is 9. The molecule has 0 aliphatic rings. The van der Waals surface area contributed by atoms with Crippen LogP contribution in [0.3, 0.4) is 0 Å². The van der Waals surface area contributed by atoms with Crippen LogP contribution in [0.4, 0.5) is 4.79 Å². The number of nitrogens with zero attached hydrogens (tertiary/aromatic N) is 1. The number of carboxylic acids is 1. The molecule has 0 fully saturated rings. The lowest BCUT2D eigenvalue weighted by Crippen LogP contribution is -2.47. The van der Waals surface area contributed by atoms with Gasteiger partial charge in [-0.1, -0.05) is 6.92 Å². The first-order valence-corrected chi connectivity index (χ1v) is 6.58. The molecule has 0 saturated carbocycles. The van der Waals surface area contributed by atoms with Gasteiger partial charge in [0.2, 0.25) is 0 Å². The second-order valence-corrected chi connectivity index (χ2v) is 4.28. The first-order valence-electron chi connectivity index (χ1n) is 6.58. The van der Waals surface area contributed by atoms with Crippen molar-refractivity contribution < 1.29 is 14.7 Å². The Morgan fingerprint density at radius 2 is 2.25 bits per heavy atom. The lowest BCUT2D eigenvalue weighted by Gasteiger charge is -2.14. The summed E-state index contributed by atoms with van der Waals surface area (Å²) in [4.78, 5) is 29.3. The number of hydrogen-bond acceptors (Lipinski definition) is 4. The summed E-state index contributed by atoms with van der Waals surface area (Å²) >= 11 is 0. The molecule has 2 amide bonds. The van der Waals surface area contributed by atoms with Crippen LogP contribution < -0.4 is 16.0 Å². The third-order valence-electron chi connectivity index (χ3n) is 2.65. The number of H-pyrrole nitrogens is 1. The van der Waals surface area contributed by atoms with Crippen LogP contribution in [0, 0.1) is 0 Å². The number of nitrogens with one attached hydrogen (secondary N) is 4. The largest absolute Gasteiger partial charge is 0.480 e. The zero-order valence-electron chi connectivity index (χ0n) is 11.5. The third-order valence-corrected chi connectivity index (χ3v) is 2.65. The summed E-state index contributed by atoms with van der Waals surface area (Å²) in [5.41, 5.74) is 0.657. The zero-order valence-corrected chi connectivity index (χ0v) is 11.5. The summed E-state index contributed by atoms with van der Waals surface area (Å²) in [5, 5.41) is 17.3. The maximum absolute atomic E-state index is 11.6. The predicted molar refractivity (Wildman–Crippen MR) is 73.4 cm³/mol. The summed E-state index contributed by atoms with van der Waals surface area (Å²) in [7, 11) is 0. The number of hydrogen-bond donors (Lipinski definition) is 5. The second kappa shape index (κ2) is 8.92. The molecule has 0 spiro atoms. The number of urea groups is 1. The summed E-state index contributed by atoms with van der Waals surface area (Å²) < 4.78 is 0. The van der Waals surface area contributed by atoms with Crippen molar-refractivity contribution in [1.82, 2.24) is 25.9 Å². The molecule has 112 valence electrons. The molecule has 1 aromatic rings. The molecular formula is C12H21N5O3. The highest BCUT2D eigenvalue weighted by molar-refractivity contribution is 5.82. The van der Waals surface area contributed by atoms with Gasteiger partial charge in [-0.05, 0) is 19.5 Å². The lowest BCUT2D eigenvalue weighted by atomic mass is 10.2. The van der Waals surface area contributed by atoms with E-state index in [0.717, 1.165) is 19.5 Å². The first-order chi connectivity index (χ1) is 9.63. The average molecular weight is 283 g/mol. The highest BCUT2D eigenvalue weighted by atomic mass is 16.4. The summed E-state index contributed by atoms with van der Waals surface area (Å²) in [6.07, 6.45) is 3.96. The van der Waals surface area contributed by atoms with Crippen molar-refractivity contribution in [3.8, 4) is 0 Å². The zero-order chi connectivity index (χ0) is 14.8. The molecule has 1 atom stereocenters.